The molecule has 0 heterocycles. The van der Waals surface area contributed by atoms with Crippen molar-refractivity contribution in [1.82, 2.24) is 37.2 Å². The van der Waals surface area contributed by atoms with E-state index in [2.05, 4.69) is 36.9 Å². The minimum Gasteiger partial charge on any atom is -0.480 e. The maximum absolute atomic E-state index is 13.8. The van der Waals surface area contributed by atoms with Crippen molar-refractivity contribution >= 4 is 53.3 Å². The summed E-state index contributed by atoms with van der Waals surface area (Å²) in [6, 6.07) is -10.2. The second kappa shape index (κ2) is 27.5. The van der Waals surface area contributed by atoms with Crippen LogP contribution in [0.2, 0.25) is 0 Å². The van der Waals surface area contributed by atoms with Gasteiger partial charge in [-0.3, -0.25) is 38.6 Å². The van der Waals surface area contributed by atoms with E-state index < -0.39 is 128 Å². The van der Waals surface area contributed by atoms with Gasteiger partial charge in [0, 0.05) is 6.54 Å². The number of nitrogens with two attached hydrogens (primary N) is 3. The fraction of sp³-hybridized carbons (Fsp3) is 0.743. The van der Waals surface area contributed by atoms with Gasteiger partial charge in [0.15, 0.2) is 5.96 Å². The summed E-state index contributed by atoms with van der Waals surface area (Å²) in [6.45, 7) is 6.58. The van der Waals surface area contributed by atoms with E-state index in [-0.39, 0.29) is 43.6 Å². The van der Waals surface area contributed by atoms with Gasteiger partial charge in [-0.05, 0) is 37.0 Å². The third-order valence-electron chi connectivity index (χ3n) is 8.94. The molecular formula is C35H65N11O13. The zero-order valence-electron chi connectivity index (χ0n) is 34.4. The number of aliphatic hydroxyl groups is 4. The van der Waals surface area contributed by atoms with Crippen LogP contribution in [0.4, 0.5) is 0 Å². The molecule has 7 amide bonds. The van der Waals surface area contributed by atoms with Gasteiger partial charge in [-0.15, -0.1) is 0 Å². The Morgan fingerprint density at radius 1 is 0.644 bits per heavy atom. The molecule has 0 fully saturated rings. The quantitative estimate of drug-likeness (QED) is 0.0198. The number of aliphatic hydroxyl groups excluding tert-OH is 4. The Bertz CT molecular complexity index is 1450. The van der Waals surface area contributed by atoms with E-state index in [1.807, 2.05) is 5.32 Å². The van der Waals surface area contributed by atoms with E-state index in [4.69, 9.17) is 27.4 Å². The van der Waals surface area contributed by atoms with Crippen molar-refractivity contribution in [3.05, 3.63) is 0 Å². The summed E-state index contributed by atoms with van der Waals surface area (Å²) in [5.74, 6) is -9.39. The molecule has 0 saturated heterocycles. The fourth-order valence-corrected chi connectivity index (χ4v) is 5.18. The third-order valence-corrected chi connectivity index (χ3v) is 8.94. The largest absolute Gasteiger partial charge is 0.480 e. The van der Waals surface area contributed by atoms with Crippen molar-refractivity contribution in [3.8, 4) is 0 Å². The predicted octanol–water partition coefficient (Wildman–Crippen LogP) is -6.44. The Kier molecular flexibility index (Phi) is 25.1. The zero-order valence-corrected chi connectivity index (χ0v) is 34.4. The molecule has 0 saturated carbocycles. The van der Waals surface area contributed by atoms with Crippen molar-refractivity contribution in [2.45, 2.75) is 116 Å². The molecular weight excluding hydrogens is 782 g/mol. The summed E-state index contributed by atoms with van der Waals surface area (Å²) in [5, 5.41) is 64.0. The first-order chi connectivity index (χ1) is 27.5. The maximum Gasteiger partial charge on any atom is 0.328 e. The number of aliphatic imine (C=N–C) groups is 1. The first-order valence-electron chi connectivity index (χ1n) is 19.2. The second-order valence-electron chi connectivity index (χ2n) is 14.7. The van der Waals surface area contributed by atoms with Crippen molar-refractivity contribution in [3.63, 3.8) is 0 Å². The number of nitrogens with zero attached hydrogens (tertiary/aromatic N) is 1. The average molecular weight is 848 g/mol. The highest BCUT2D eigenvalue weighted by Gasteiger charge is 2.35. The normalized spacial score (nSPS) is 15.7. The van der Waals surface area contributed by atoms with E-state index in [0.29, 0.717) is 6.42 Å². The number of carbonyl (C=O) groups is 8. The number of hydrogen-bond donors (Lipinski definition) is 15. The number of hydrogen-bond acceptors (Lipinski definition) is 14. The Hall–Kier alpha value is -5.17. The van der Waals surface area contributed by atoms with E-state index in [1.165, 1.54) is 0 Å². The first-order valence-corrected chi connectivity index (χ1v) is 19.2. The lowest BCUT2D eigenvalue weighted by Crippen LogP contribution is -2.61. The molecule has 338 valence electrons. The second-order valence-corrected chi connectivity index (χ2v) is 14.7. The molecule has 0 aliphatic rings. The SMILES string of the molecule is CC[C@H](C)[C@H](NC(=O)[C@@H](CCCN=C(N)N)NC(=O)[C@H](CC(C)C)NC(=O)[C@@H](N)[C@H](O)C(C)C)C(=O)N[C@@H](CO)C(=O)NCC(=O)N[C@@H](CO)C(=O)N[C@@H](CO)C(=O)O. The molecule has 18 N–H and O–H groups in total. The molecule has 0 aromatic heterocycles. The number of nitrogens with one attached hydrogen (secondary N) is 7. The minimum atomic E-state index is -1.72. The molecule has 0 aliphatic carbocycles. The lowest BCUT2D eigenvalue weighted by Gasteiger charge is -2.29. The van der Waals surface area contributed by atoms with Crippen LogP contribution < -0.4 is 54.4 Å². The van der Waals surface area contributed by atoms with Crippen LogP contribution in [0.25, 0.3) is 0 Å². The number of aliphatic carboxylic acids is 1. The smallest absolute Gasteiger partial charge is 0.328 e. The summed E-state index contributed by atoms with van der Waals surface area (Å²) in [4.78, 5) is 107. The molecule has 24 heteroatoms. The number of carboxylic acid groups (broad SMARTS) is 1. The molecule has 0 bridgehead atoms. The van der Waals surface area contributed by atoms with Gasteiger partial charge >= 0.3 is 5.97 Å². The van der Waals surface area contributed by atoms with Crippen LogP contribution in [-0.4, -0.2) is 160 Å². The number of carboxylic acids is 1. The van der Waals surface area contributed by atoms with Crippen LogP contribution in [0.1, 0.15) is 67.2 Å². The standard InChI is InChI=1S/C35H65N11O13/c1-7-18(6)26(33(57)44-21(13-47)28(52)40-12-24(50)41-22(14-48)31(55)45-23(15-49)34(58)59)46-29(53)19(9-8-10-39-35(37)38)42-30(54)20(11-16(2)3)43-32(56)25(36)27(51)17(4)5/h16-23,25-27,47-49,51H,7-15,36H2,1-6H3,(H,40,52)(H,41,50)(H,42,54)(H,43,56)(H,44,57)(H,45,55)(H,46,53)(H,58,59)(H4,37,38,39)/t18-,19+,20-,21-,22-,23-,25-,26-,27+/m0/s1. The summed E-state index contributed by atoms with van der Waals surface area (Å²) < 4.78 is 0. The number of guanidine groups is 1. The minimum absolute atomic E-state index is 0.0404. The maximum atomic E-state index is 13.8. The monoisotopic (exact) mass is 847 g/mol. The number of rotatable bonds is 28. The van der Waals surface area contributed by atoms with Crippen molar-refractivity contribution in [1.29, 1.82) is 0 Å². The Morgan fingerprint density at radius 3 is 1.63 bits per heavy atom. The Morgan fingerprint density at radius 2 is 1.14 bits per heavy atom. The number of amides is 7. The fourth-order valence-electron chi connectivity index (χ4n) is 5.18. The zero-order chi connectivity index (χ0) is 45.6. The van der Waals surface area contributed by atoms with Gasteiger partial charge in [0.1, 0.15) is 42.3 Å². The van der Waals surface area contributed by atoms with Crippen LogP contribution >= 0.6 is 0 Å². The van der Waals surface area contributed by atoms with Gasteiger partial charge in [0.05, 0.1) is 32.5 Å². The summed E-state index contributed by atoms with van der Waals surface area (Å²) in [7, 11) is 0. The Labute approximate surface area is 342 Å². The molecule has 0 radical (unpaired) electrons. The van der Waals surface area contributed by atoms with Gasteiger partial charge in [0.25, 0.3) is 0 Å². The van der Waals surface area contributed by atoms with E-state index in [0.717, 1.165) is 0 Å². The van der Waals surface area contributed by atoms with Crippen LogP contribution in [0.3, 0.4) is 0 Å². The highest BCUT2D eigenvalue weighted by atomic mass is 16.4. The van der Waals surface area contributed by atoms with Crippen molar-refractivity contribution < 1.29 is 63.9 Å². The highest BCUT2D eigenvalue weighted by molar-refractivity contribution is 5.97. The molecule has 59 heavy (non-hydrogen) atoms. The molecule has 0 unspecified atom stereocenters. The molecule has 0 aliphatic heterocycles. The van der Waals surface area contributed by atoms with Gasteiger partial charge in [-0.1, -0.05) is 48.0 Å². The van der Waals surface area contributed by atoms with Crippen LogP contribution in [-0.2, 0) is 38.4 Å². The van der Waals surface area contributed by atoms with Crippen LogP contribution in [0, 0.1) is 17.8 Å². The molecule has 24 nitrogen and oxygen atoms in total. The molecule has 0 aromatic rings. The average Bonchev–Trinajstić information content (AvgIpc) is 3.17. The topological polar surface area (TPSA) is 412 Å². The predicted molar refractivity (Wildman–Crippen MR) is 211 cm³/mol. The summed E-state index contributed by atoms with van der Waals surface area (Å²) in [5.41, 5.74) is 16.8. The van der Waals surface area contributed by atoms with Crippen molar-refractivity contribution in [2.75, 3.05) is 32.9 Å². The first kappa shape index (κ1) is 53.8. The lowest BCUT2D eigenvalue weighted by atomic mass is 9.96. The van der Waals surface area contributed by atoms with Crippen LogP contribution in [0.15, 0.2) is 4.99 Å². The molecule has 0 spiro atoms. The van der Waals surface area contributed by atoms with E-state index in [9.17, 15) is 53.7 Å². The van der Waals surface area contributed by atoms with Gasteiger partial charge in [-0.25, -0.2) is 4.79 Å². The molecule has 0 rings (SSSR count). The summed E-state index contributed by atoms with van der Waals surface area (Å²) in [6.07, 6.45) is -0.610. The third kappa shape index (κ3) is 19.9. The van der Waals surface area contributed by atoms with Crippen LogP contribution in [0.5, 0.6) is 0 Å². The summed E-state index contributed by atoms with van der Waals surface area (Å²) >= 11 is 0. The van der Waals surface area contributed by atoms with E-state index in [1.54, 1.807) is 41.5 Å². The van der Waals surface area contributed by atoms with Gasteiger partial charge in [-0.2, -0.15) is 0 Å². The van der Waals surface area contributed by atoms with Gasteiger partial charge in [0.2, 0.25) is 41.4 Å². The number of carbonyl (C=O) groups excluding carboxylic acids is 7. The molecule has 9 atom stereocenters. The van der Waals surface area contributed by atoms with E-state index >= 15 is 0 Å². The lowest BCUT2D eigenvalue weighted by molar-refractivity contribution is -0.143. The highest BCUT2D eigenvalue weighted by Crippen LogP contribution is 2.12. The van der Waals surface area contributed by atoms with Gasteiger partial charge < -0.3 is 80.0 Å². The molecule has 0 aromatic carbocycles. The van der Waals surface area contributed by atoms with Crippen molar-refractivity contribution in [2.24, 2.45) is 39.9 Å². The Balaban J connectivity index is 6.06.